The van der Waals surface area contributed by atoms with E-state index < -0.39 is 0 Å². The van der Waals surface area contributed by atoms with E-state index in [4.69, 9.17) is 9.72 Å². The molecule has 1 aromatic heterocycles. The van der Waals surface area contributed by atoms with E-state index in [2.05, 4.69) is 27.4 Å². The molecule has 0 amide bonds. The van der Waals surface area contributed by atoms with Crippen LogP contribution in [0.3, 0.4) is 0 Å². The van der Waals surface area contributed by atoms with E-state index in [1.165, 1.54) is 11.6 Å². The number of rotatable bonds is 4. The highest BCUT2D eigenvalue weighted by Gasteiger charge is 2.30. The predicted octanol–water partition coefficient (Wildman–Crippen LogP) is 1.33. The predicted molar refractivity (Wildman–Crippen MR) is 82.6 cm³/mol. The summed E-state index contributed by atoms with van der Waals surface area (Å²) in [5, 5.41) is 6.61. The Bertz CT molecular complexity index is 433. The van der Waals surface area contributed by atoms with Crippen molar-refractivity contribution >= 4 is 16.5 Å². The fourth-order valence-corrected chi connectivity index (χ4v) is 3.88. The number of anilines is 1. The zero-order valence-corrected chi connectivity index (χ0v) is 13.2. The van der Waals surface area contributed by atoms with Gasteiger partial charge in [0.2, 0.25) is 0 Å². The molecular formula is C14H24N4OS. The van der Waals surface area contributed by atoms with Gasteiger partial charge < -0.3 is 15.0 Å². The highest BCUT2D eigenvalue weighted by Crippen LogP contribution is 2.28. The van der Waals surface area contributed by atoms with E-state index in [9.17, 15) is 0 Å². The summed E-state index contributed by atoms with van der Waals surface area (Å²) >= 11 is 1.77. The first-order valence-electron chi connectivity index (χ1n) is 7.47. The van der Waals surface area contributed by atoms with E-state index in [0.29, 0.717) is 12.1 Å². The van der Waals surface area contributed by atoms with Crippen LogP contribution in [-0.4, -0.2) is 62.4 Å². The topological polar surface area (TPSA) is 40.6 Å². The number of aromatic nitrogens is 1. The summed E-state index contributed by atoms with van der Waals surface area (Å²) in [6.45, 7) is 8.33. The molecule has 0 bridgehead atoms. The average Bonchev–Trinajstić information content (AvgIpc) is 3.16. The summed E-state index contributed by atoms with van der Waals surface area (Å²) < 4.78 is 5.44. The molecular weight excluding hydrogens is 272 g/mol. The van der Waals surface area contributed by atoms with Gasteiger partial charge in [0.05, 0.1) is 18.9 Å². The maximum atomic E-state index is 5.44. The number of nitrogens with zero attached hydrogens (tertiary/aromatic N) is 3. The molecule has 3 rings (SSSR count). The van der Waals surface area contributed by atoms with Crippen LogP contribution in [0.15, 0.2) is 5.38 Å². The molecule has 20 heavy (non-hydrogen) atoms. The number of nitrogens with one attached hydrogen (secondary N) is 1. The summed E-state index contributed by atoms with van der Waals surface area (Å²) in [6, 6.07) is 1.01. The van der Waals surface area contributed by atoms with Crippen molar-refractivity contribution in [1.82, 2.24) is 15.2 Å². The van der Waals surface area contributed by atoms with Crippen LogP contribution in [0.1, 0.15) is 25.1 Å². The van der Waals surface area contributed by atoms with Gasteiger partial charge in [0.25, 0.3) is 0 Å². The van der Waals surface area contributed by atoms with Gasteiger partial charge in [-0.3, -0.25) is 4.90 Å². The molecule has 2 fully saturated rings. The van der Waals surface area contributed by atoms with Gasteiger partial charge in [-0.25, -0.2) is 4.98 Å². The second kappa shape index (κ2) is 6.39. The molecule has 2 unspecified atom stereocenters. The number of ether oxygens (including phenoxy) is 1. The van der Waals surface area contributed by atoms with E-state index >= 15 is 0 Å². The van der Waals surface area contributed by atoms with Crippen LogP contribution >= 0.6 is 11.3 Å². The Kier molecular flexibility index (Phi) is 4.55. The molecule has 0 radical (unpaired) electrons. The Morgan fingerprint density at radius 1 is 1.40 bits per heavy atom. The normalized spacial score (nSPS) is 26.1. The summed E-state index contributed by atoms with van der Waals surface area (Å²) in [5.41, 5.74) is 1.15. The number of hydrogen-bond donors (Lipinski definition) is 1. The molecule has 112 valence electrons. The van der Waals surface area contributed by atoms with E-state index in [-0.39, 0.29) is 0 Å². The van der Waals surface area contributed by atoms with Gasteiger partial charge in [-0.1, -0.05) is 0 Å². The van der Waals surface area contributed by atoms with Crippen molar-refractivity contribution in [2.24, 2.45) is 0 Å². The van der Waals surface area contributed by atoms with Crippen LogP contribution in [-0.2, 0) is 4.74 Å². The van der Waals surface area contributed by atoms with Crippen molar-refractivity contribution in [1.29, 1.82) is 0 Å². The average molecular weight is 296 g/mol. The van der Waals surface area contributed by atoms with E-state index in [1.807, 2.05) is 7.05 Å². The minimum atomic E-state index is 0.331. The molecule has 5 nitrogen and oxygen atoms in total. The zero-order valence-electron chi connectivity index (χ0n) is 12.3. The lowest BCUT2D eigenvalue weighted by Gasteiger charge is -2.32. The highest BCUT2D eigenvalue weighted by molar-refractivity contribution is 7.13. The van der Waals surface area contributed by atoms with Gasteiger partial charge in [0, 0.05) is 43.6 Å². The van der Waals surface area contributed by atoms with Gasteiger partial charge >= 0.3 is 0 Å². The lowest BCUT2D eigenvalue weighted by molar-refractivity contribution is 0.0209. The Morgan fingerprint density at radius 3 is 2.95 bits per heavy atom. The van der Waals surface area contributed by atoms with Crippen LogP contribution in [0.2, 0.25) is 0 Å². The quantitative estimate of drug-likeness (QED) is 0.908. The Labute approximate surface area is 124 Å². The third-order valence-corrected chi connectivity index (χ3v) is 5.30. The number of morpholine rings is 1. The molecule has 0 aromatic carbocycles. The standard InChI is InChI=1S/C14H24N4OS/c1-11(15-2)13-10-20-14(16-13)18-4-3-12(9-18)17-5-7-19-8-6-17/h10-12,15H,3-9H2,1-2H3. The smallest absolute Gasteiger partial charge is 0.185 e. The third kappa shape index (κ3) is 2.98. The first kappa shape index (κ1) is 14.3. The molecule has 1 aromatic rings. The Hall–Kier alpha value is -0.690. The zero-order chi connectivity index (χ0) is 13.9. The summed E-state index contributed by atoms with van der Waals surface area (Å²) in [6.07, 6.45) is 1.25. The Morgan fingerprint density at radius 2 is 2.20 bits per heavy atom. The second-order valence-electron chi connectivity index (χ2n) is 5.60. The van der Waals surface area contributed by atoms with E-state index in [1.54, 1.807) is 11.3 Å². The lowest BCUT2D eigenvalue weighted by atomic mass is 10.2. The molecule has 2 saturated heterocycles. The van der Waals surface area contributed by atoms with Gasteiger partial charge in [0.1, 0.15) is 0 Å². The highest BCUT2D eigenvalue weighted by atomic mass is 32.1. The van der Waals surface area contributed by atoms with Gasteiger partial charge in [0.15, 0.2) is 5.13 Å². The van der Waals surface area contributed by atoms with E-state index in [0.717, 1.165) is 45.1 Å². The largest absolute Gasteiger partial charge is 0.379 e. The maximum absolute atomic E-state index is 5.44. The monoisotopic (exact) mass is 296 g/mol. The SMILES string of the molecule is CNC(C)c1csc(N2CCC(N3CCOCC3)C2)n1. The molecule has 0 spiro atoms. The Balaban J connectivity index is 1.60. The summed E-state index contributed by atoms with van der Waals surface area (Å²) in [7, 11) is 1.98. The fraction of sp³-hybridized carbons (Fsp3) is 0.786. The van der Waals surface area contributed by atoms with Crippen molar-refractivity contribution < 1.29 is 4.74 Å². The minimum Gasteiger partial charge on any atom is -0.379 e. The van der Waals surface area contributed by atoms with Crippen LogP contribution < -0.4 is 10.2 Å². The van der Waals surface area contributed by atoms with Crippen molar-refractivity contribution in [3.63, 3.8) is 0 Å². The van der Waals surface area contributed by atoms with Crippen LogP contribution in [0.25, 0.3) is 0 Å². The molecule has 2 aliphatic rings. The maximum Gasteiger partial charge on any atom is 0.185 e. The van der Waals surface area contributed by atoms with Gasteiger partial charge in [-0.15, -0.1) is 11.3 Å². The summed E-state index contributed by atoms with van der Waals surface area (Å²) in [5.74, 6) is 0. The first-order chi connectivity index (χ1) is 9.78. The molecule has 0 aliphatic carbocycles. The fourth-order valence-electron chi connectivity index (χ4n) is 2.92. The molecule has 6 heteroatoms. The van der Waals surface area contributed by atoms with Crippen LogP contribution in [0.5, 0.6) is 0 Å². The molecule has 2 atom stereocenters. The van der Waals surface area contributed by atoms with Gasteiger partial charge in [-0.2, -0.15) is 0 Å². The van der Waals surface area contributed by atoms with Crippen molar-refractivity contribution in [3.05, 3.63) is 11.1 Å². The molecule has 1 N–H and O–H groups in total. The third-order valence-electron chi connectivity index (χ3n) is 4.38. The lowest BCUT2D eigenvalue weighted by Crippen LogP contribution is -2.44. The number of thiazole rings is 1. The van der Waals surface area contributed by atoms with Crippen molar-refractivity contribution in [3.8, 4) is 0 Å². The van der Waals surface area contributed by atoms with Crippen molar-refractivity contribution in [2.75, 3.05) is 51.3 Å². The second-order valence-corrected chi connectivity index (χ2v) is 6.44. The first-order valence-corrected chi connectivity index (χ1v) is 8.35. The molecule has 0 saturated carbocycles. The molecule has 3 heterocycles. The van der Waals surface area contributed by atoms with Crippen LogP contribution in [0, 0.1) is 0 Å². The van der Waals surface area contributed by atoms with Gasteiger partial charge in [-0.05, 0) is 20.4 Å². The molecule has 2 aliphatic heterocycles. The summed E-state index contributed by atoms with van der Waals surface area (Å²) in [4.78, 5) is 9.80. The number of hydrogen-bond acceptors (Lipinski definition) is 6. The van der Waals surface area contributed by atoms with Crippen LogP contribution in [0.4, 0.5) is 5.13 Å². The van der Waals surface area contributed by atoms with Crippen molar-refractivity contribution in [2.45, 2.75) is 25.4 Å². The minimum absolute atomic E-state index is 0.331.